The summed E-state index contributed by atoms with van der Waals surface area (Å²) in [5.74, 6) is -1.09. The Bertz CT molecular complexity index is 899. The van der Waals surface area contributed by atoms with Crippen LogP contribution in [0.15, 0.2) is 53.7 Å². The summed E-state index contributed by atoms with van der Waals surface area (Å²) < 4.78 is 29.1. The van der Waals surface area contributed by atoms with Crippen molar-refractivity contribution in [1.29, 1.82) is 0 Å². The third kappa shape index (κ3) is 3.69. The summed E-state index contributed by atoms with van der Waals surface area (Å²) in [7, 11) is 1.53. The van der Waals surface area contributed by atoms with E-state index in [0.717, 1.165) is 23.4 Å². The molecule has 0 spiro atoms. The summed E-state index contributed by atoms with van der Waals surface area (Å²) in [4.78, 5) is 11.5. The van der Waals surface area contributed by atoms with Crippen LogP contribution in [-0.2, 0) is 4.79 Å². The summed E-state index contributed by atoms with van der Waals surface area (Å²) in [6.45, 7) is 0. The molecule has 1 heterocycles. The number of carbonyl (C=O) groups is 1. The first kappa shape index (κ1) is 17.1. The molecule has 1 amide bonds. The van der Waals surface area contributed by atoms with Gasteiger partial charge in [0.15, 0.2) is 11.0 Å². The van der Waals surface area contributed by atoms with Crippen molar-refractivity contribution in [2.24, 2.45) is 0 Å². The standard InChI is InChI=1S/C17H14F2N4OS/c1-20-15(24)10-25-17-22-21-16(11-5-3-2-4-6-11)23(17)14-8-7-12(18)9-13(14)19/h2-9H,10H2,1H3,(H,20,24). The molecule has 128 valence electrons. The number of hydrogen-bond donors (Lipinski definition) is 1. The monoisotopic (exact) mass is 360 g/mol. The van der Waals surface area contributed by atoms with Gasteiger partial charge in [0.1, 0.15) is 11.6 Å². The van der Waals surface area contributed by atoms with E-state index in [9.17, 15) is 13.6 Å². The Kier molecular flexibility index (Phi) is 5.08. The second kappa shape index (κ2) is 7.43. The maximum absolute atomic E-state index is 14.3. The molecule has 0 radical (unpaired) electrons. The maximum atomic E-state index is 14.3. The van der Waals surface area contributed by atoms with Crippen molar-refractivity contribution in [3.8, 4) is 17.1 Å². The summed E-state index contributed by atoms with van der Waals surface area (Å²) >= 11 is 1.12. The predicted molar refractivity (Wildman–Crippen MR) is 91.5 cm³/mol. The van der Waals surface area contributed by atoms with Gasteiger partial charge in [-0.2, -0.15) is 0 Å². The molecule has 1 aromatic heterocycles. The Morgan fingerprint density at radius 1 is 1.16 bits per heavy atom. The number of aromatic nitrogens is 3. The molecule has 1 N–H and O–H groups in total. The van der Waals surface area contributed by atoms with Gasteiger partial charge in [-0.25, -0.2) is 8.78 Å². The summed E-state index contributed by atoms with van der Waals surface area (Å²) in [5.41, 5.74) is 0.843. The van der Waals surface area contributed by atoms with Gasteiger partial charge >= 0.3 is 0 Å². The molecule has 5 nitrogen and oxygen atoms in total. The molecule has 0 aliphatic carbocycles. The van der Waals surface area contributed by atoms with Gasteiger partial charge in [0.25, 0.3) is 0 Å². The highest BCUT2D eigenvalue weighted by molar-refractivity contribution is 7.99. The van der Waals surface area contributed by atoms with Crippen LogP contribution in [0, 0.1) is 11.6 Å². The predicted octanol–water partition coefficient (Wildman–Crippen LogP) is 3.05. The molecule has 0 aliphatic heterocycles. The minimum Gasteiger partial charge on any atom is -0.358 e. The minimum atomic E-state index is -0.737. The van der Waals surface area contributed by atoms with E-state index in [2.05, 4.69) is 15.5 Å². The molecular weight excluding hydrogens is 346 g/mol. The number of rotatable bonds is 5. The van der Waals surface area contributed by atoms with Crippen LogP contribution >= 0.6 is 11.8 Å². The molecule has 0 unspecified atom stereocenters. The van der Waals surface area contributed by atoms with E-state index in [0.29, 0.717) is 11.0 Å². The van der Waals surface area contributed by atoms with Crippen LogP contribution in [0.5, 0.6) is 0 Å². The third-order valence-corrected chi connectivity index (χ3v) is 4.36. The van der Waals surface area contributed by atoms with Gasteiger partial charge in [0.2, 0.25) is 5.91 Å². The van der Waals surface area contributed by atoms with E-state index in [1.54, 1.807) is 0 Å². The van der Waals surface area contributed by atoms with Gasteiger partial charge in [-0.15, -0.1) is 10.2 Å². The van der Waals surface area contributed by atoms with Crippen molar-refractivity contribution in [3.63, 3.8) is 0 Å². The molecule has 0 fully saturated rings. The number of benzene rings is 2. The van der Waals surface area contributed by atoms with E-state index in [4.69, 9.17) is 0 Å². The number of nitrogens with one attached hydrogen (secondary N) is 1. The van der Waals surface area contributed by atoms with Crippen molar-refractivity contribution < 1.29 is 13.6 Å². The Morgan fingerprint density at radius 2 is 1.92 bits per heavy atom. The second-order valence-corrected chi connectivity index (χ2v) is 6.01. The Morgan fingerprint density at radius 3 is 2.60 bits per heavy atom. The number of halogens is 2. The summed E-state index contributed by atoms with van der Waals surface area (Å²) in [6.07, 6.45) is 0. The molecule has 0 bridgehead atoms. The van der Waals surface area contributed by atoms with Crippen LogP contribution < -0.4 is 5.32 Å². The molecule has 2 aromatic carbocycles. The SMILES string of the molecule is CNC(=O)CSc1nnc(-c2ccccc2)n1-c1ccc(F)cc1F. The van der Waals surface area contributed by atoms with Gasteiger partial charge in [0.05, 0.1) is 11.4 Å². The highest BCUT2D eigenvalue weighted by atomic mass is 32.2. The lowest BCUT2D eigenvalue weighted by Crippen LogP contribution is -2.20. The fourth-order valence-electron chi connectivity index (χ4n) is 2.22. The quantitative estimate of drug-likeness (QED) is 0.711. The fourth-order valence-corrected chi connectivity index (χ4v) is 3.04. The van der Waals surface area contributed by atoms with Crippen LogP contribution in [0.25, 0.3) is 17.1 Å². The second-order valence-electron chi connectivity index (χ2n) is 5.07. The first-order valence-electron chi connectivity index (χ1n) is 7.40. The number of carbonyl (C=O) groups excluding carboxylic acids is 1. The van der Waals surface area contributed by atoms with Gasteiger partial charge in [-0.1, -0.05) is 42.1 Å². The average Bonchev–Trinajstić information content (AvgIpc) is 3.04. The Hall–Kier alpha value is -2.74. The summed E-state index contributed by atoms with van der Waals surface area (Å²) in [6, 6.07) is 12.4. The Balaban J connectivity index is 2.11. The molecule has 3 aromatic rings. The van der Waals surface area contributed by atoms with Crippen molar-refractivity contribution in [1.82, 2.24) is 20.1 Å². The first-order valence-corrected chi connectivity index (χ1v) is 8.38. The van der Waals surface area contributed by atoms with Crippen LogP contribution in [-0.4, -0.2) is 33.5 Å². The highest BCUT2D eigenvalue weighted by Gasteiger charge is 2.19. The molecule has 0 aliphatic rings. The first-order chi connectivity index (χ1) is 12.1. The van der Waals surface area contributed by atoms with Gasteiger partial charge in [0, 0.05) is 18.7 Å². The van der Waals surface area contributed by atoms with Gasteiger partial charge in [-0.3, -0.25) is 9.36 Å². The van der Waals surface area contributed by atoms with Crippen LogP contribution in [0.1, 0.15) is 0 Å². The maximum Gasteiger partial charge on any atom is 0.230 e. The third-order valence-electron chi connectivity index (χ3n) is 3.43. The Labute approximate surface area is 147 Å². The van der Waals surface area contributed by atoms with Crippen molar-refractivity contribution in [3.05, 3.63) is 60.2 Å². The van der Waals surface area contributed by atoms with Crippen molar-refractivity contribution >= 4 is 17.7 Å². The molecule has 0 saturated carbocycles. The topological polar surface area (TPSA) is 59.8 Å². The molecule has 8 heteroatoms. The molecule has 0 saturated heterocycles. The largest absolute Gasteiger partial charge is 0.358 e. The number of hydrogen-bond acceptors (Lipinski definition) is 4. The normalized spacial score (nSPS) is 10.7. The van der Waals surface area contributed by atoms with Gasteiger partial charge in [-0.05, 0) is 12.1 Å². The van der Waals surface area contributed by atoms with E-state index >= 15 is 0 Å². The lowest BCUT2D eigenvalue weighted by Gasteiger charge is -2.11. The van der Waals surface area contributed by atoms with E-state index in [1.807, 2.05) is 30.3 Å². The molecule has 25 heavy (non-hydrogen) atoms. The number of amides is 1. The number of thioether (sulfide) groups is 1. The van der Waals surface area contributed by atoms with E-state index < -0.39 is 11.6 Å². The lowest BCUT2D eigenvalue weighted by atomic mass is 10.2. The number of nitrogens with zero attached hydrogens (tertiary/aromatic N) is 3. The molecule has 0 atom stereocenters. The minimum absolute atomic E-state index is 0.103. The average molecular weight is 360 g/mol. The van der Waals surface area contributed by atoms with E-state index in [1.165, 1.54) is 23.7 Å². The van der Waals surface area contributed by atoms with Crippen LogP contribution in [0.4, 0.5) is 8.78 Å². The van der Waals surface area contributed by atoms with Crippen LogP contribution in [0.3, 0.4) is 0 Å². The van der Waals surface area contributed by atoms with Crippen molar-refractivity contribution in [2.75, 3.05) is 12.8 Å². The van der Waals surface area contributed by atoms with Crippen molar-refractivity contribution in [2.45, 2.75) is 5.16 Å². The smallest absolute Gasteiger partial charge is 0.230 e. The molecule has 3 rings (SSSR count). The summed E-state index contributed by atoms with van der Waals surface area (Å²) in [5, 5.41) is 11.1. The zero-order valence-corrected chi connectivity index (χ0v) is 14.1. The fraction of sp³-hybridized carbons (Fsp3) is 0.118. The highest BCUT2D eigenvalue weighted by Crippen LogP contribution is 2.29. The lowest BCUT2D eigenvalue weighted by molar-refractivity contribution is -0.118. The van der Waals surface area contributed by atoms with E-state index in [-0.39, 0.29) is 17.3 Å². The molecular formula is C17H14F2N4OS. The zero-order chi connectivity index (χ0) is 17.8. The zero-order valence-electron chi connectivity index (χ0n) is 13.2. The van der Waals surface area contributed by atoms with Crippen LogP contribution in [0.2, 0.25) is 0 Å². The van der Waals surface area contributed by atoms with Gasteiger partial charge < -0.3 is 5.32 Å².